The molecule has 0 aromatic heterocycles. The number of carbonyl (C=O) groups excluding carboxylic acids is 2. The van der Waals surface area contributed by atoms with Crippen molar-refractivity contribution >= 4 is 45.9 Å². The second kappa shape index (κ2) is 17.3. The summed E-state index contributed by atoms with van der Waals surface area (Å²) in [4.78, 5) is 29.1. The van der Waals surface area contributed by atoms with Gasteiger partial charge in [0.2, 0.25) is 0 Å². The van der Waals surface area contributed by atoms with E-state index < -0.39 is 12.2 Å². The quantitative estimate of drug-likeness (QED) is 0.0382. The minimum Gasteiger partial charge on any atom is -0.508 e. The fraction of sp³-hybridized carbons (Fsp3) is 0.282. The molecule has 0 unspecified atom stereocenters. The average Bonchev–Trinajstić information content (AvgIpc) is 3.35. The van der Waals surface area contributed by atoms with E-state index in [9.17, 15) is 40.2 Å². The second-order valence-corrected chi connectivity index (χ2v) is 12.6. The largest absolute Gasteiger partial charge is 0.508 e. The molecule has 4 aromatic carbocycles. The molecular formula is C39H44N4O12. The lowest BCUT2D eigenvalue weighted by Gasteiger charge is -2.26. The second-order valence-electron chi connectivity index (χ2n) is 12.6. The Balaban J connectivity index is 0.000000214. The van der Waals surface area contributed by atoms with Gasteiger partial charge in [-0.1, -0.05) is 23.8 Å². The molecule has 0 fully saturated rings. The molecule has 292 valence electrons. The van der Waals surface area contributed by atoms with Gasteiger partial charge in [0.15, 0.2) is 12.6 Å². The van der Waals surface area contributed by atoms with Crippen molar-refractivity contribution in [1.82, 2.24) is 0 Å². The normalized spacial score (nSPS) is 13.5. The molecule has 0 saturated carbocycles. The number of methoxy groups -OCH3 is 4. The number of benzene rings is 4. The van der Waals surface area contributed by atoms with Crippen molar-refractivity contribution in [2.45, 2.75) is 32.3 Å². The maximum atomic E-state index is 13.3. The Morgan fingerprint density at radius 1 is 0.636 bits per heavy atom. The van der Waals surface area contributed by atoms with Crippen LogP contribution < -0.4 is 20.4 Å². The van der Waals surface area contributed by atoms with Crippen molar-refractivity contribution in [3.05, 3.63) is 83.4 Å². The number of anilines is 6. The summed E-state index contributed by atoms with van der Waals surface area (Å²) in [6.45, 7) is 2.17. The monoisotopic (exact) mass is 760 g/mol. The van der Waals surface area contributed by atoms with E-state index in [-0.39, 0.29) is 99.3 Å². The van der Waals surface area contributed by atoms with Crippen LogP contribution in [-0.4, -0.2) is 96.6 Å². The molecule has 16 nitrogen and oxygen atoms in total. The SMILES string of the molecule is COC(CC/C(C)=C/CN1C(=O)c2cccc(O)c2Nc2c(O)cc(O)cc21)OC.COC(CN1C(=O)c2cccc(O)c2Nc2c(O)cc(O)cc21)OC. The molecule has 0 radical (unpaired) electrons. The minimum absolute atomic E-state index is 0.0124. The molecule has 2 aliphatic heterocycles. The number of allylic oxidation sites excluding steroid dienone is 1. The fourth-order valence-electron chi connectivity index (χ4n) is 6.12. The number of hydrogen-bond donors (Lipinski definition) is 8. The molecule has 0 saturated heterocycles. The summed E-state index contributed by atoms with van der Waals surface area (Å²) < 4.78 is 20.7. The van der Waals surface area contributed by atoms with Crippen LogP contribution in [0.25, 0.3) is 0 Å². The minimum atomic E-state index is -0.722. The summed E-state index contributed by atoms with van der Waals surface area (Å²) in [6, 6.07) is 14.2. The Morgan fingerprint density at radius 2 is 1.09 bits per heavy atom. The van der Waals surface area contributed by atoms with Gasteiger partial charge in [-0.3, -0.25) is 9.59 Å². The number of aromatic hydroxyl groups is 6. The lowest BCUT2D eigenvalue weighted by Crippen LogP contribution is -2.38. The van der Waals surface area contributed by atoms with E-state index >= 15 is 0 Å². The van der Waals surface area contributed by atoms with Gasteiger partial charge in [0.05, 0.1) is 40.4 Å². The smallest absolute Gasteiger partial charge is 0.260 e. The van der Waals surface area contributed by atoms with Crippen molar-refractivity contribution in [3.8, 4) is 34.5 Å². The van der Waals surface area contributed by atoms with Crippen LogP contribution in [0.15, 0.2) is 72.3 Å². The molecule has 55 heavy (non-hydrogen) atoms. The van der Waals surface area contributed by atoms with Gasteiger partial charge >= 0.3 is 0 Å². The molecule has 2 amide bonds. The van der Waals surface area contributed by atoms with E-state index in [0.717, 1.165) is 11.6 Å². The molecule has 0 aliphatic carbocycles. The number of phenols is 6. The number of ether oxygens (including phenoxy) is 4. The number of nitrogens with one attached hydrogen (secondary N) is 2. The number of amides is 2. The molecule has 0 atom stereocenters. The van der Waals surface area contributed by atoms with Crippen LogP contribution in [0.4, 0.5) is 34.1 Å². The molecule has 0 bridgehead atoms. The van der Waals surface area contributed by atoms with Crippen molar-refractivity contribution < 1.29 is 59.2 Å². The molecule has 0 spiro atoms. The van der Waals surface area contributed by atoms with Crippen LogP contribution >= 0.6 is 0 Å². The summed E-state index contributed by atoms with van der Waals surface area (Å²) in [5.74, 6) is -1.95. The maximum absolute atomic E-state index is 13.3. The van der Waals surface area contributed by atoms with E-state index in [1.165, 1.54) is 54.4 Å². The predicted molar refractivity (Wildman–Crippen MR) is 204 cm³/mol. The van der Waals surface area contributed by atoms with Gasteiger partial charge in [-0.25, -0.2) is 0 Å². The summed E-state index contributed by atoms with van der Waals surface area (Å²) in [7, 11) is 6.04. The number of carbonyl (C=O) groups is 2. The lowest BCUT2D eigenvalue weighted by molar-refractivity contribution is -0.105. The van der Waals surface area contributed by atoms with Gasteiger partial charge in [0, 0.05) is 65.7 Å². The Morgan fingerprint density at radius 3 is 1.56 bits per heavy atom. The van der Waals surface area contributed by atoms with E-state index in [4.69, 9.17) is 18.9 Å². The van der Waals surface area contributed by atoms with E-state index in [2.05, 4.69) is 10.6 Å². The van der Waals surface area contributed by atoms with Crippen molar-refractivity contribution in [3.63, 3.8) is 0 Å². The number of phenolic OH excluding ortho intramolecular Hbond substituents is 6. The Bertz CT molecular complexity index is 2080. The average molecular weight is 761 g/mol. The topological polar surface area (TPSA) is 223 Å². The Kier molecular flexibility index (Phi) is 12.6. The Labute approximate surface area is 317 Å². The van der Waals surface area contributed by atoms with E-state index in [0.29, 0.717) is 18.5 Å². The third-order valence-corrected chi connectivity index (χ3v) is 9.06. The first-order valence-corrected chi connectivity index (χ1v) is 17.0. The molecule has 4 aromatic rings. The molecule has 2 heterocycles. The first-order chi connectivity index (χ1) is 26.3. The highest BCUT2D eigenvalue weighted by Gasteiger charge is 2.33. The van der Waals surface area contributed by atoms with Crippen molar-refractivity contribution in [2.75, 3.05) is 62.0 Å². The predicted octanol–water partition coefficient (Wildman–Crippen LogP) is 5.98. The molecule has 2 aliphatic rings. The third-order valence-electron chi connectivity index (χ3n) is 9.06. The standard InChI is InChI=1S/C22H26N2O6.C17H18N2O6/c1-13(7-8-19(29-2)30-3)9-10-24-16-11-14(25)12-18(27)21(16)23-20-15(22(24)28)5-4-6-17(20)26;1-24-14(25-2)8-19-11-6-9(20)7-13(22)16(11)18-15-10(17(19)23)4-3-5-12(15)21/h4-6,9,11-12,19,23,25-27H,7-8,10H2,1-3H3;3-7,14,18,20-22H,8H2,1-2H3/b13-9+;. The van der Waals surface area contributed by atoms with Crippen LogP contribution in [0.1, 0.15) is 40.5 Å². The number of rotatable bonds is 11. The van der Waals surface area contributed by atoms with Gasteiger partial charge < -0.3 is 70.0 Å². The number of nitrogens with zero attached hydrogens (tertiary/aromatic N) is 2. The molecular weight excluding hydrogens is 716 g/mol. The van der Waals surface area contributed by atoms with Crippen molar-refractivity contribution in [1.29, 1.82) is 0 Å². The zero-order chi connectivity index (χ0) is 40.0. The molecule has 6 rings (SSSR count). The van der Waals surface area contributed by atoms with Gasteiger partial charge in [-0.05, 0) is 37.6 Å². The first kappa shape index (κ1) is 40.0. The highest BCUT2D eigenvalue weighted by molar-refractivity contribution is 6.16. The van der Waals surface area contributed by atoms with Gasteiger partial charge in [0.1, 0.15) is 45.9 Å². The van der Waals surface area contributed by atoms with Crippen LogP contribution in [0.2, 0.25) is 0 Å². The molecule has 8 N–H and O–H groups in total. The fourth-order valence-corrected chi connectivity index (χ4v) is 6.12. The first-order valence-electron chi connectivity index (χ1n) is 17.0. The number of hydrogen-bond acceptors (Lipinski definition) is 14. The van der Waals surface area contributed by atoms with Crippen LogP contribution in [0, 0.1) is 0 Å². The highest BCUT2D eigenvalue weighted by Crippen LogP contribution is 2.47. The van der Waals surface area contributed by atoms with Crippen LogP contribution in [0.3, 0.4) is 0 Å². The van der Waals surface area contributed by atoms with E-state index in [1.54, 1.807) is 38.5 Å². The number of para-hydroxylation sites is 2. The van der Waals surface area contributed by atoms with Crippen LogP contribution in [0.5, 0.6) is 34.5 Å². The molecule has 16 heteroatoms. The Hall–Kier alpha value is -6.20. The third kappa shape index (κ3) is 8.63. The van der Waals surface area contributed by atoms with Crippen molar-refractivity contribution in [2.24, 2.45) is 0 Å². The summed E-state index contributed by atoms with van der Waals surface area (Å²) in [5, 5.41) is 66.6. The van der Waals surface area contributed by atoms with E-state index in [1.807, 2.05) is 13.0 Å². The summed E-state index contributed by atoms with van der Waals surface area (Å²) in [6.07, 6.45) is 2.25. The number of fused-ring (bicyclic) bond motifs is 4. The summed E-state index contributed by atoms with van der Waals surface area (Å²) >= 11 is 0. The van der Waals surface area contributed by atoms with Gasteiger partial charge in [-0.2, -0.15) is 0 Å². The zero-order valence-corrected chi connectivity index (χ0v) is 30.9. The van der Waals surface area contributed by atoms with Gasteiger partial charge in [0.25, 0.3) is 11.8 Å². The highest BCUT2D eigenvalue weighted by atomic mass is 16.7. The van der Waals surface area contributed by atoms with Crippen LogP contribution in [-0.2, 0) is 18.9 Å². The summed E-state index contributed by atoms with van der Waals surface area (Å²) in [5.41, 5.74) is 2.82. The van der Waals surface area contributed by atoms with Gasteiger partial charge in [-0.15, -0.1) is 0 Å². The lowest BCUT2D eigenvalue weighted by atomic mass is 10.1. The zero-order valence-electron chi connectivity index (χ0n) is 30.9. The maximum Gasteiger partial charge on any atom is 0.260 e.